The van der Waals surface area contributed by atoms with Crippen LogP contribution in [0.25, 0.3) is 0 Å². The van der Waals surface area contributed by atoms with Crippen LogP contribution in [0.5, 0.6) is 23.0 Å². The Morgan fingerprint density at radius 3 is 0.961 bits per heavy atom. The first-order valence-corrected chi connectivity index (χ1v) is 29.8. The Morgan fingerprint density at radius 2 is 0.697 bits per heavy atom. The molecule has 0 amide bonds. The molecule has 10 rings (SSSR count). The van der Waals surface area contributed by atoms with E-state index in [2.05, 4.69) is 133 Å². The van der Waals surface area contributed by atoms with E-state index in [9.17, 15) is 5.11 Å². The summed E-state index contributed by atoms with van der Waals surface area (Å²) in [5.41, 5.74) is 10.8. The van der Waals surface area contributed by atoms with Gasteiger partial charge in [0.15, 0.2) is 0 Å². The number of benzene rings is 6. The third kappa shape index (κ3) is 20.1. The first-order valence-electron chi connectivity index (χ1n) is 29.8. The number of hydrogen-bond donors (Lipinski definition) is 1. The van der Waals surface area contributed by atoms with Gasteiger partial charge in [0.25, 0.3) is 0 Å². The lowest BCUT2D eigenvalue weighted by atomic mass is 9.72. The minimum Gasteiger partial charge on any atom is -0.494 e. The van der Waals surface area contributed by atoms with Gasteiger partial charge in [0, 0.05) is 10.8 Å². The molecule has 76 heavy (non-hydrogen) atoms. The molecule has 6 aromatic carbocycles. The van der Waals surface area contributed by atoms with Crippen molar-refractivity contribution in [2.24, 2.45) is 5.92 Å². The topological polar surface area (TPSA) is 69.7 Å². The minimum atomic E-state index is -0.484. The highest BCUT2D eigenvalue weighted by Crippen LogP contribution is 2.47. The van der Waals surface area contributed by atoms with E-state index in [1.54, 1.807) is 6.92 Å². The second-order valence-corrected chi connectivity index (χ2v) is 17.1. The van der Waals surface area contributed by atoms with Crippen LogP contribution in [0.1, 0.15) is 182 Å². The van der Waals surface area contributed by atoms with Crippen LogP contribution in [0.3, 0.4) is 0 Å². The third-order valence-corrected chi connectivity index (χ3v) is 12.7. The van der Waals surface area contributed by atoms with E-state index in [1.165, 1.54) is 57.3 Å². The molecular weight excluding hydrogens is 937 g/mol. The van der Waals surface area contributed by atoms with Gasteiger partial charge in [0.05, 0.1) is 25.9 Å². The Labute approximate surface area is 465 Å². The zero-order valence-corrected chi connectivity index (χ0v) is 50.9. The van der Waals surface area contributed by atoms with Gasteiger partial charge in [-0.2, -0.15) is 0 Å². The van der Waals surface area contributed by atoms with Crippen molar-refractivity contribution in [3.05, 3.63) is 190 Å². The van der Waals surface area contributed by atoms with Crippen LogP contribution in [-0.4, -0.2) is 50.3 Å². The van der Waals surface area contributed by atoms with E-state index in [-0.39, 0.29) is 16.9 Å². The molecule has 420 valence electrons. The van der Waals surface area contributed by atoms with Crippen LogP contribution in [0, 0.1) is 5.92 Å². The fourth-order valence-electron chi connectivity index (χ4n) is 9.10. The van der Waals surface area contributed by atoms with Gasteiger partial charge < -0.3 is 28.8 Å². The summed E-state index contributed by atoms with van der Waals surface area (Å²) in [5.74, 6) is 4.35. The van der Waals surface area contributed by atoms with Gasteiger partial charge >= 0.3 is 0 Å². The molecular formula is C70H104O6. The van der Waals surface area contributed by atoms with E-state index in [0.29, 0.717) is 19.8 Å². The lowest BCUT2D eigenvalue weighted by Gasteiger charge is -2.31. The van der Waals surface area contributed by atoms with Crippen molar-refractivity contribution >= 4 is 0 Å². The van der Waals surface area contributed by atoms with Crippen LogP contribution in [0.2, 0.25) is 0 Å². The number of aliphatic hydroxyl groups excluding tert-OH is 1. The molecule has 0 bridgehead atoms. The summed E-state index contributed by atoms with van der Waals surface area (Å²) in [6, 6.07) is 52.0. The van der Waals surface area contributed by atoms with E-state index < -0.39 is 6.10 Å². The molecule has 2 atom stereocenters. The molecule has 1 aliphatic heterocycles. The molecule has 2 fully saturated rings. The first kappa shape index (κ1) is 68.5. The van der Waals surface area contributed by atoms with Gasteiger partial charge in [0.2, 0.25) is 0 Å². The van der Waals surface area contributed by atoms with Crippen molar-refractivity contribution in [3.63, 3.8) is 0 Å². The summed E-state index contributed by atoms with van der Waals surface area (Å²) >= 11 is 0. The van der Waals surface area contributed by atoms with Gasteiger partial charge in [-0.15, -0.1) is 0 Å². The van der Waals surface area contributed by atoms with Crippen molar-refractivity contribution in [2.75, 3.05) is 33.0 Å². The number of aliphatic hydroxyl groups is 1. The molecule has 1 saturated carbocycles. The Morgan fingerprint density at radius 1 is 0.421 bits per heavy atom. The average Bonchev–Trinajstić information content (AvgIpc) is 4.47. The van der Waals surface area contributed by atoms with E-state index >= 15 is 0 Å². The van der Waals surface area contributed by atoms with Crippen LogP contribution in [0.4, 0.5) is 0 Å². The fourth-order valence-corrected chi connectivity index (χ4v) is 9.10. The van der Waals surface area contributed by atoms with E-state index in [4.69, 9.17) is 23.7 Å². The maximum Gasteiger partial charge on any atom is 0.119 e. The predicted octanol–water partition coefficient (Wildman–Crippen LogP) is 18.5. The Kier molecular flexibility index (Phi) is 35.0. The fraction of sp³-hybridized carbons (Fsp3) is 0.486. The number of ether oxygens (including phenoxy) is 5. The molecule has 2 unspecified atom stereocenters. The monoisotopic (exact) mass is 1040 g/mol. The zero-order chi connectivity index (χ0) is 56.9. The van der Waals surface area contributed by atoms with Crippen molar-refractivity contribution in [1.29, 1.82) is 0 Å². The summed E-state index contributed by atoms with van der Waals surface area (Å²) in [4.78, 5) is 0. The molecule has 6 aromatic rings. The Hall–Kier alpha value is -5.56. The van der Waals surface area contributed by atoms with Crippen molar-refractivity contribution in [3.8, 4) is 23.0 Å². The van der Waals surface area contributed by atoms with Gasteiger partial charge in [-0.05, 0) is 151 Å². The highest BCUT2D eigenvalue weighted by molar-refractivity contribution is 5.53. The number of hydrogen-bond acceptors (Lipinski definition) is 6. The van der Waals surface area contributed by atoms with Crippen molar-refractivity contribution in [2.45, 2.75) is 186 Å². The molecule has 0 radical (unpaired) electrons. The molecule has 1 N–H and O–H groups in total. The van der Waals surface area contributed by atoms with Gasteiger partial charge in [-0.1, -0.05) is 208 Å². The standard InChI is InChI=1S/C27H28O4.C27H28O2.8C2H6/c1-19(28)16-29-24-10-6-22(7-11-24)27(14-20-4-2-3-5-21(20)15-27)23-8-12-25(13-9-23)30-17-26-18-31-26;1-2-28-25-13-9-23(10-14-25)27(17-21-5-3-4-6-22(21)18-27)24-11-15-26(16-12-24)29-19-20-7-8-20;8*1-2/h2-13,19,26,28H,14-18H2,1H3;3-6,9-16,20H,2,7-8,17-19H2,1H3;8*1-2H3. The smallest absolute Gasteiger partial charge is 0.119 e. The number of fused-ring (bicyclic) bond motifs is 2. The summed E-state index contributed by atoms with van der Waals surface area (Å²) in [6.45, 7) is 39.0. The summed E-state index contributed by atoms with van der Waals surface area (Å²) in [5, 5.41) is 9.48. The largest absolute Gasteiger partial charge is 0.494 e. The van der Waals surface area contributed by atoms with Gasteiger partial charge in [-0.25, -0.2) is 0 Å². The lowest BCUT2D eigenvalue weighted by Crippen LogP contribution is -2.28. The Balaban J connectivity index is 0.000000603. The molecule has 6 heteroatoms. The summed E-state index contributed by atoms with van der Waals surface area (Å²) in [6.07, 6.45) is 6.39. The number of epoxide rings is 1. The predicted molar refractivity (Wildman–Crippen MR) is 328 cm³/mol. The maximum atomic E-state index is 9.48. The Bertz CT molecular complexity index is 2220. The van der Waals surface area contributed by atoms with Crippen LogP contribution >= 0.6 is 0 Å². The highest BCUT2D eigenvalue weighted by Gasteiger charge is 2.41. The minimum absolute atomic E-state index is 0.0382. The highest BCUT2D eigenvalue weighted by atomic mass is 16.6. The molecule has 3 aliphatic carbocycles. The molecule has 1 saturated heterocycles. The molecule has 1 heterocycles. The van der Waals surface area contributed by atoms with Crippen molar-refractivity contribution in [1.82, 2.24) is 0 Å². The second-order valence-electron chi connectivity index (χ2n) is 17.1. The molecule has 0 aromatic heterocycles. The maximum absolute atomic E-state index is 9.48. The normalized spacial score (nSPS) is 15.1. The lowest BCUT2D eigenvalue weighted by molar-refractivity contribution is 0.122. The number of rotatable bonds is 15. The summed E-state index contributed by atoms with van der Waals surface area (Å²) in [7, 11) is 0. The molecule has 4 aliphatic rings. The first-order chi connectivity index (χ1) is 37.4. The molecule has 0 spiro atoms. The van der Waals surface area contributed by atoms with Gasteiger partial charge in [0.1, 0.15) is 42.3 Å². The van der Waals surface area contributed by atoms with Crippen LogP contribution in [0.15, 0.2) is 146 Å². The zero-order valence-electron chi connectivity index (χ0n) is 50.9. The summed E-state index contributed by atoms with van der Waals surface area (Å²) < 4.78 is 28.4. The van der Waals surface area contributed by atoms with Crippen LogP contribution in [-0.2, 0) is 41.3 Å². The third-order valence-electron chi connectivity index (χ3n) is 12.7. The van der Waals surface area contributed by atoms with E-state index in [1.807, 2.05) is 130 Å². The quantitative estimate of drug-likeness (QED) is 0.103. The van der Waals surface area contributed by atoms with Crippen molar-refractivity contribution < 1.29 is 28.8 Å². The van der Waals surface area contributed by atoms with E-state index in [0.717, 1.165) is 67.8 Å². The van der Waals surface area contributed by atoms with Gasteiger partial charge in [-0.3, -0.25) is 0 Å². The van der Waals surface area contributed by atoms with Crippen LogP contribution < -0.4 is 18.9 Å². The average molecular weight is 1040 g/mol. The molecule has 6 nitrogen and oxygen atoms in total. The SMILES string of the molecule is CC.CC.CC.CC.CC.CC.CC.CC.CC(O)COc1ccc(C2(c3ccc(OCC4CO4)cc3)Cc3ccccc3C2)cc1.CCOc1ccc(C2(c3ccc(OCC4CC4)cc3)Cc3ccccc3C2)cc1. The second kappa shape index (κ2) is 38.9.